The zero-order valence-electron chi connectivity index (χ0n) is 21.3. The molecule has 37 heavy (non-hydrogen) atoms. The molecule has 1 fully saturated rings. The van der Waals surface area contributed by atoms with Crippen molar-refractivity contribution in [2.24, 2.45) is 5.92 Å². The van der Waals surface area contributed by atoms with Gasteiger partial charge in [0, 0.05) is 17.0 Å². The Morgan fingerprint density at radius 1 is 0.892 bits per heavy atom. The lowest BCUT2D eigenvalue weighted by Crippen LogP contribution is -2.27. The van der Waals surface area contributed by atoms with Gasteiger partial charge >= 0.3 is 0 Å². The predicted octanol–water partition coefficient (Wildman–Crippen LogP) is 8.63. The van der Waals surface area contributed by atoms with Gasteiger partial charge in [-0.05, 0) is 61.1 Å². The third-order valence-corrected chi connectivity index (χ3v) is 6.53. The number of rotatable bonds is 10. The number of ether oxygens (including phenoxy) is 3. The van der Waals surface area contributed by atoms with E-state index in [1.165, 1.54) is 18.2 Å². The molecule has 1 heterocycles. The maximum atomic E-state index is 15.0. The topological polar surface area (TPSA) is 27.7 Å². The highest BCUT2D eigenvalue weighted by Crippen LogP contribution is 2.34. The van der Waals surface area contributed by atoms with Crippen LogP contribution in [0.2, 0.25) is 0 Å². The molecule has 0 saturated carbocycles. The first-order valence-corrected chi connectivity index (χ1v) is 12.9. The largest absolute Gasteiger partial charge is 0.490 e. The van der Waals surface area contributed by atoms with Crippen LogP contribution in [-0.4, -0.2) is 19.8 Å². The first-order chi connectivity index (χ1) is 18.0. The van der Waals surface area contributed by atoms with Gasteiger partial charge in [-0.15, -0.1) is 0 Å². The molecule has 0 spiro atoms. The first kappa shape index (κ1) is 27.0. The van der Waals surface area contributed by atoms with Crippen LogP contribution in [0.5, 0.6) is 5.75 Å². The SMILES string of the molecule is CC=CCCC1COC(c2ccc(-c3ccc(-c4ccc(OCCCC)c(F)c4F)cc3)cc2F)OC1. The van der Waals surface area contributed by atoms with Crippen molar-refractivity contribution in [3.63, 3.8) is 0 Å². The van der Waals surface area contributed by atoms with Crippen molar-refractivity contribution in [2.75, 3.05) is 19.8 Å². The van der Waals surface area contributed by atoms with Gasteiger partial charge in [-0.3, -0.25) is 0 Å². The molecule has 0 amide bonds. The maximum Gasteiger partial charge on any atom is 0.201 e. The van der Waals surface area contributed by atoms with Crippen molar-refractivity contribution < 1.29 is 27.4 Å². The molecule has 4 rings (SSSR count). The summed E-state index contributed by atoms with van der Waals surface area (Å²) >= 11 is 0. The number of halogens is 3. The fraction of sp³-hybridized carbons (Fsp3) is 0.355. The molecule has 0 aromatic heterocycles. The zero-order valence-corrected chi connectivity index (χ0v) is 21.3. The molecule has 0 bridgehead atoms. The van der Waals surface area contributed by atoms with Gasteiger partial charge in [-0.1, -0.05) is 61.9 Å². The fourth-order valence-corrected chi connectivity index (χ4v) is 4.32. The van der Waals surface area contributed by atoms with Crippen LogP contribution in [0.25, 0.3) is 22.3 Å². The van der Waals surface area contributed by atoms with Crippen molar-refractivity contribution in [1.82, 2.24) is 0 Å². The van der Waals surface area contributed by atoms with Crippen LogP contribution in [0.1, 0.15) is 51.4 Å². The number of allylic oxidation sites excluding steroid dienone is 2. The molecule has 3 aromatic rings. The second kappa shape index (κ2) is 12.9. The Bertz CT molecular complexity index is 1200. The van der Waals surface area contributed by atoms with Crippen molar-refractivity contribution in [2.45, 2.75) is 45.8 Å². The van der Waals surface area contributed by atoms with Gasteiger partial charge < -0.3 is 14.2 Å². The quantitative estimate of drug-likeness (QED) is 0.202. The maximum absolute atomic E-state index is 15.0. The molecule has 1 aliphatic rings. The minimum absolute atomic E-state index is 0.0861. The fourth-order valence-electron chi connectivity index (χ4n) is 4.32. The van der Waals surface area contributed by atoms with Gasteiger partial charge in [0.1, 0.15) is 5.82 Å². The third-order valence-electron chi connectivity index (χ3n) is 6.53. The highest BCUT2D eigenvalue weighted by atomic mass is 19.2. The number of hydrogen-bond donors (Lipinski definition) is 0. The Labute approximate surface area is 216 Å². The van der Waals surface area contributed by atoms with E-state index in [-0.39, 0.29) is 11.3 Å². The molecule has 3 nitrogen and oxygen atoms in total. The van der Waals surface area contributed by atoms with Crippen molar-refractivity contribution in [1.29, 1.82) is 0 Å². The van der Waals surface area contributed by atoms with Crippen LogP contribution in [-0.2, 0) is 9.47 Å². The van der Waals surface area contributed by atoms with Crippen molar-refractivity contribution >= 4 is 0 Å². The summed E-state index contributed by atoms with van der Waals surface area (Å²) in [4.78, 5) is 0. The summed E-state index contributed by atoms with van der Waals surface area (Å²) < 4.78 is 61.1. The van der Waals surface area contributed by atoms with Crippen LogP contribution in [0.4, 0.5) is 13.2 Å². The molecule has 0 N–H and O–H groups in total. The molecule has 1 saturated heterocycles. The van der Waals surface area contributed by atoms with Crippen LogP contribution < -0.4 is 4.74 Å². The molecular weight excluding hydrogens is 477 g/mol. The lowest BCUT2D eigenvalue weighted by Gasteiger charge is -2.29. The van der Waals surface area contributed by atoms with Crippen LogP contribution in [0.3, 0.4) is 0 Å². The Morgan fingerprint density at radius 3 is 2.27 bits per heavy atom. The highest BCUT2D eigenvalue weighted by molar-refractivity contribution is 5.71. The summed E-state index contributed by atoms with van der Waals surface area (Å²) in [5.41, 5.74) is 2.45. The minimum Gasteiger partial charge on any atom is -0.490 e. The molecular formula is C31H33F3O3. The second-order valence-corrected chi connectivity index (χ2v) is 9.27. The van der Waals surface area contributed by atoms with Crippen molar-refractivity contribution in [3.8, 4) is 28.0 Å². The van der Waals surface area contributed by atoms with Gasteiger partial charge in [0.2, 0.25) is 5.82 Å². The van der Waals surface area contributed by atoms with E-state index in [0.717, 1.165) is 31.2 Å². The van der Waals surface area contributed by atoms with E-state index in [9.17, 15) is 13.2 Å². The molecule has 0 unspecified atom stereocenters. The molecule has 1 aliphatic heterocycles. The highest BCUT2D eigenvalue weighted by Gasteiger charge is 2.25. The van der Waals surface area contributed by atoms with Gasteiger partial charge in [0.05, 0.1) is 19.8 Å². The monoisotopic (exact) mass is 510 g/mol. The summed E-state index contributed by atoms with van der Waals surface area (Å²) in [5.74, 6) is -2.14. The van der Waals surface area contributed by atoms with E-state index in [1.54, 1.807) is 36.4 Å². The minimum atomic E-state index is -0.994. The summed E-state index contributed by atoms with van der Waals surface area (Å²) in [6.45, 7) is 5.40. The van der Waals surface area contributed by atoms with Gasteiger partial charge in [0.15, 0.2) is 17.9 Å². The van der Waals surface area contributed by atoms with Crippen LogP contribution in [0.15, 0.2) is 66.7 Å². The lowest BCUT2D eigenvalue weighted by atomic mass is 9.98. The normalized spacial score (nSPS) is 17.9. The second-order valence-electron chi connectivity index (χ2n) is 9.27. The summed E-state index contributed by atoms with van der Waals surface area (Å²) in [5, 5.41) is 0. The Kier molecular flexibility index (Phi) is 9.42. The molecule has 0 radical (unpaired) electrons. The standard InChI is InChI=1S/C31H33F3O3/c1-3-5-7-8-21-19-36-31(37-20-21)26-14-13-24(18-27(26)32)22-9-11-23(12-10-22)25-15-16-28(30(34)29(25)33)35-17-6-4-2/h3,5,9-16,18,21,31H,4,6-8,17,19-20H2,1-2H3. The third kappa shape index (κ3) is 6.62. The average Bonchev–Trinajstić information content (AvgIpc) is 2.92. The van der Waals surface area contributed by atoms with Gasteiger partial charge in [0.25, 0.3) is 0 Å². The van der Waals surface area contributed by atoms with E-state index < -0.39 is 23.7 Å². The summed E-state index contributed by atoms with van der Waals surface area (Å²) in [6, 6.07) is 14.8. The van der Waals surface area contributed by atoms with Gasteiger partial charge in [-0.25, -0.2) is 8.78 Å². The summed E-state index contributed by atoms with van der Waals surface area (Å²) in [6.07, 6.45) is 7.04. The first-order valence-electron chi connectivity index (χ1n) is 12.9. The smallest absolute Gasteiger partial charge is 0.201 e. The lowest BCUT2D eigenvalue weighted by molar-refractivity contribution is -0.207. The molecule has 3 aromatic carbocycles. The van der Waals surface area contributed by atoms with E-state index in [4.69, 9.17) is 14.2 Å². The zero-order chi connectivity index (χ0) is 26.2. The van der Waals surface area contributed by atoms with Crippen molar-refractivity contribution in [3.05, 3.63) is 89.8 Å². The molecule has 6 heteroatoms. The Balaban J connectivity index is 1.43. The number of hydrogen-bond acceptors (Lipinski definition) is 3. The van der Waals surface area contributed by atoms with Gasteiger partial charge in [-0.2, -0.15) is 4.39 Å². The van der Waals surface area contributed by atoms with Crippen LogP contribution in [0, 0.1) is 23.4 Å². The Hall–Kier alpha value is -3.09. The van der Waals surface area contributed by atoms with E-state index in [2.05, 4.69) is 6.08 Å². The van der Waals surface area contributed by atoms with Crippen LogP contribution >= 0.6 is 0 Å². The molecule has 0 atom stereocenters. The number of benzene rings is 3. The predicted molar refractivity (Wildman–Crippen MR) is 140 cm³/mol. The van der Waals surface area contributed by atoms with E-state index in [1.807, 2.05) is 19.9 Å². The number of unbranched alkanes of at least 4 members (excludes halogenated alkanes) is 1. The Morgan fingerprint density at radius 2 is 1.59 bits per heavy atom. The average molecular weight is 511 g/mol. The molecule has 0 aliphatic carbocycles. The van der Waals surface area contributed by atoms with E-state index in [0.29, 0.717) is 42.4 Å². The molecule has 196 valence electrons. The van der Waals surface area contributed by atoms with E-state index >= 15 is 0 Å². The summed E-state index contributed by atoms with van der Waals surface area (Å²) in [7, 11) is 0.